The highest BCUT2D eigenvalue weighted by molar-refractivity contribution is 6.04. The Balaban J connectivity index is 2.17. The van der Waals surface area contributed by atoms with Crippen LogP contribution in [0.15, 0.2) is 48.8 Å². The highest BCUT2D eigenvalue weighted by Gasteiger charge is 2.09. The molecular formula is C13H11FN2O2. The van der Waals surface area contributed by atoms with Gasteiger partial charge in [-0.1, -0.05) is 12.1 Å². The number of anilines is 1. The summed E-state index contributed by atoms with van der Waals surface area (Å²) in [5.41, 5.74) is 0.900. The molecule has 0 radical (unpaired) electrons. The third kappa shape index (κ3) is 2.82. The average Bonchev–Trinajstić information content (AvgIpc) is 2.42. The molecule has 1 aromatic heterocycles. The van der Waals surface area contributed by atoms with Crippen LogP contribution in [-0.2, 0) is 0 Å². The highest BCUT2D eigenvalue weighted by Crippen LogP contribution is 2.24. The molecule has 92 valence electrons. The fraction of sp³-hybridized carbons (Fsp3) is 0.0769. The minimum atomic E-state index is -0.942. The second-order valence-electron chi connectivity index (χ2n) is 3.44. The van der Waals surface area contributed by atoms with E-state index < -0.39 is 6.86 Å². The van der Waals surface area contributed by atoms with Crippen molar-refractivity contribution in [2.45, 2.75) is 0 Å². The van der Waals surface area contributed by atoms with E-state index >= 15 is 0 Å². The van der Waals surface area contributed by atoms with Crippen molar-refractivity contribution in [3.05, 3.63) is 54.4 Å². The number of hydrogen-bond donors (Lipinski definition) is 1. The molecule has 0 aliphatic rings. The van der Waals surface area contributed by atoms with Crippen molar-refractivity contribution in [1.29, 1.82) is 0 Å². The quantitative estimate of drug-likeness (QED) is 0.902. The molecule has 0 atom stereocenters. The molecule has 0 spiro atoms. The average molecular weight is 246 g/mol. The third-order valence-corrected chi connectivity index (χ3v) is 2.29. The number of para-hydroxylation sites is 2. The van der Waals surface area contributed by atoms with Crippen LogP contribution in [0.5, 0.6) is 5.75 Å². The first kappa shape index (κ1) is 12.0. The molecule has 2 rings (SSSR count). The van der Waals surface area contributed by atoms with E-state index in [1.54, 1.807) is 36.4 Å². The second-order valence-corrected chi connectivity index (χ2v) is 3.44. The predicted molar refractivity (Wildman–Crippen MR) is 65.2 cm³/mol. The van der Waals surface area contributed by atoms with Crippen LogP contribution in [0.2, 0.25) is 0 Å². The number of carbonyl (C=O) groups excluding carboxylic acids is 1. The summed E-state index contributed by atoms with van der Waals surface area (Å²) in [6.45, 7) is -0.942. The minimum absolute atomic E-state index is 0.294. The van der Waals surface area contributed by atoms with Gasteiger partial charge < -0.3 is 10.1 Å². The van der Waals surface area contributed by atoms with Crippen molar-refractivity contribution in [2.24, 2.45) is 0 Å². The second kappa shape index (κ2) is 5.77. The first-order valence-corrected chi connectivity index (χ1v) is 5.30. The van der Waals surface area contributed by atoms with Crippen molar-refractivity contribution in [2.75, 3.05) is 12.2 Å². The summed E-state index contributed by atoms with van der Waals surface area (Å²) in [4.78, 5) is 15.7. The molecule has 18 heavy (non-hydrogen) atoms. The molecule has 5 heteroatoms. The third-order valence-electron chi connectivity index (χ3n) is 2.29. The Bertz CT molecular complexity index is 532. The number of carbonyl (C=O) groups is 1. The zero-order valence-electron chi connectivity index (χ0n) is 9.47. The topological polar surface area (TPSA) is 51.2 Å². The van der Waals surface area contributed by atoms with E-state index in [1.165, 1.54) is 12.4 Å². The Labute approximate surface area is 103 Å². The summed E-state index contributed by atoms with van der Waals surface area (Å²) >= 11 is 0. The van der Waals surface area contributed by atoms with Gasteiger partial charge in [0.2, 0.25) is 6.86 Å². The van der Waals surface area contributed by atoms with Crippen molar-refractivity contribution >= 4 is 11.6 Å². The van der Waals surface area contributed by atoms with Gasteiger partial charge >= 0.3 is 0 Å². The lowest BCUT2D eigenvalue weighted by molar-refractivity contribution is 0.102. The molecule has 1 aromatic carbocycles. The Morgan fingerprint density at radius 3 is 2.67 bits per heavy atom. The molecule has 0 saturated heterocycles. The number of alkyl halides is 1. The maximum atomic E-state index is 12.2. The Hall–Kier alpha value is -2.43. The zero-order chi connectivity index (χ0) is 12.8. The van der Waals surface area contributed by atoms with Crippen LogP contribution >= 0.6 is 0 Å². The van der Waals surface area contributed by atoms with Crippen LogP contribution in [0.1, 0.15) is 10.4 Å². The summed E-state index contributed by atoms with van der Waals surface area (Å²) in [5, 5.41) is 2.65. The number of ether oxygens (including phenoxy) is 1. The van der Waals surface area contributed by atoms with E-state index in [-0.39, 0.29) is 5.91 Å². The van der Waals surface area contributed by atoms with Crippen molar-refractivity contribution in [1.82, 2.24) is 4.98 Å². The molecule has 0 unspecified atom stereocenters. The Kier molecular flexibility index (Phi) is 3.86. The number of amides is 1. The van der Waals surface area contributed by atoms with E-state index in [2.05, 4.69) is 10.3 Å². The molecule has 1 heterocycles. The highest BCUT2D eigenvalue weighted by atomic mass is 19.1. The fourth-order valence-electron chi connectivity index (χ4n) is 1.45. The maximum Gasteiger partial charge on any atom is 0.255 e. The number of halogens is 1. The van der Waals surface area contributed by atoms with E-state index in [1.807, 2.05) is 0 Å². The number of benzene rings is 1. The molecule has 0 fully saturated rings. The lowest BCUT2D eigenvalue weighted by atomic mass is 10.2. The normalized spacial score (nSPS) is 9.83. The van der Waals surface area contributed by atoms with E-state index in [9.17, 15) is 9.18 Å². The van der Waals surface area contributed by atoms with Crippen LogP contribution in [0, 0.1) is 0 Å². The number of nitrogens with one attached hydrogen (secondary N) is 1. The van der Waals surface area contributed by atoms with E-state index in [4.69, 9.17) is 4.74 Å². The first-order valence-electron chi connectivity index (χ1n) is 5.30. The standard InChI is InChI=1S/C13H11FN2O2/c14-9-18-12-4-2-1-3-11(12)16-13(17)10-5-7-15-8-6-10/h1-8H,9H2,(H,16,17). The largest absolute Gasteiger partial charge is 0.461 e. The molecular weight excluding hydrogens is 235 g/mol. The van der Waals surface area contributed by atoms with Gasteiger partial charge in [-0.05, 0) is 24.3 Å². The van der Waals surface area contributed by atoms with Gasteiger partial charge in [0.15, 0.2) is 0 Å². The van der Waals surface area contributed by atoms with Crippen LogP contribution < -0.4 is 10.1 Å². The summed E-state index contributed by atoms with van der Waals surface area (Å²) in [6, 6.07) is 9.84. The molecule has 2 aromatic rings. The van der Waals surface area contributed by atoms with E-state index in [0.29, 0.717) is 17.0 Å². The van der Waals surface area contributed by atoms with E-state index in [0.717, 1.165) is 0 Å². The fourth-order valence-corrected chi connectivity index (χ4v) is 1.45. The monoisotopic (exact) mass is 246 g/mol. The smallest absolute Gasteiger partial charge is 0.255 e. The predicted octanol–water partition coefficient (Wildman–Crippen LogP) is 2.64. The summed E-state index contributed by atoms with van der Waals surface area (Å²) < 4.78 is 17.0. The van der Waals surface area contributed by atoms with Crippen molar-refractivity contribution < 1.29 is 13.9 Å². The van der Waals surface area contributed by atoms with Gasteiger partial charge in [0.05, 0.1) is 5.69 Å². The SMILES string of the molecule is O=C(Nc1ccccc1OCF)c1ccncc1. The lowest BCUT2D eigenvalue weighted by Crippen LogP contribution is -2.12. The summed E-state index contributed by atoms with van der Waals surface area (Å²) in [7, 11) is 0. The molecule has 1 amide bonds. The first-order chi connectivity index (χ1) is 8.81. The van der Waals surface area contributed by atoms with Crippen LogP contribution in [0.25, 0.3) is 0 Å². The molecule has 4 nitrogen and oxygen atoms in total. The van der Waals surface area contributed by atoms with Crippen molar-refractivity contribution in [3.63, 3.8) is 0 Å². The Morgan fingerprint density at radius 2 is 1.94 bits per heavy atom. The minimum Gasteiger partial charge on any atom is -0.461 e. The number of hydrogen-bond acceptors (Lipinski definition) is 3. The van der Waals surface area contributed by atoms with Crippen molar-refractivity contribution in [3.8, 4) is 5.75 Å². The van der Waals surface area contributed by atoms with Gasteiger partial charge in [0.25, 0.3) is 5.91 Å². The number of nitrogens with zero attached hydrogens (tertiary/aromatic N) is 1. The van der Waals surface area contributed by atoms with Crippen LogP contribution in [0.4, 0.5) is 10.1 Å². The number of aromatic nitrogens is 1. The van der Waals surface area contributed by atoms with Crippen LogP contribution in [-0.4, -0.2) is 17.8 Å². The van der Waals surface area contributed by atoms with Gasteiger partial charge in [0, 0.05) is 18.0 Å². The van der Waals surface area contributed by atoms with Gasteiger partial charge in [-0.3, -0.25) is 9.78 Å². The Morgan fingerprint density at radius 1 is 1.22 bits per heavy atom. The number of rotatable bonds is 4. The summed E-state index contributed by atoms with van der Waals surface area (Å²) in [5.74, 6) is -0.00489. The van der Waals surface area contributed by atoms with Gasteiger partial charge in [-0.25, -0.2) is 4.39 Å². The molecule has 1 N–H and O–H groups in total. The number of pyridine rings is 1. The van der Waals surface area contributed by atoms with Gasteiger partial charge in [-0.2, -0.15) is 0 Å². The molecule has 0 saturated carbocycles. The zero-order valence-corrected chi connectivity index (χ0v) is 9.47. The van der Waals surface area contributed by atoms with Crippen LogP contribution in [0.3, 0.4) is 0 Å². The molecule has 0 bridgehead atoms. The van der Waals surface area contributed by atoms with Gasteiger partial charge in [-0.15, -0.1) is 0 Å². The lowest BCUT2D eigenvalue weighted by Gasteiger charge is -2.10. The molecule has 0 aliphatic carbocycles. The molecule has 0 aliphatic heterocycles. The van der Waals surface area contributed by atoms with Gasteiger partial charge in [0.1, 0.15) is 5.75 Å². The summed E-state index contributed by atoms with van der Waals surface area (Å²) in [6.07, 6.45) is 3.05. The maximum absolute atomic E-state index is 12.2.